The second kappa shape index (κ2) is 6.49. The van der Waals surface area contributed by atoms with Crippen molar-refractivity contribution in [1.82, 2.24) is 0 Å². The van der Waals surface area contributed by atoms with Gasteiger partial charge in [-0.25, -0.2) is 8.78 Å². The van der Waals surface area contributed by atoms with Crippen molar-refractivity contribution in [1.29, 1.82) is 0 Å². The van der Waals surface area contributed by atoms with Crippen LogP contribution in [0.15, 0.2) is 0 Å². The number of ether oxygens (including phenoxy) is 1. The van der Waals surface area contributed by atoms with E-state index in [4.69, 9.17) is 4.74 Å². The number of hydrogen-bond acceptors (Lipinski definition) is 2. The third-order valence-corrected chi connectivity index (χ3v) is 6.18. The number of halogens is 2. The van der Waals surface area contributed by atoms with Crippen LogP contribution in [0.2, 0.25) is 0 Å². The van der Waals surface area contributed by atoms with Gasteiger partial charge in [-0.1, -0.05) is 26.2 Å². The summed E-state index contributed by atoms with van der Waals surface area (Å²) >= 11 is 0. The topological polar surface area (TPSA) is 32.8 Å². The molecular formula is C17H28F2O2. The maximum atomic E-state index is 14.4. The van der Waals surface area contributed by atoms with Gasteiger partial charge in [-0.2, -0.15) is 0 Å². The fourth-order valence-electron chi connectivity index (χ4n) is 4.52. The van der Waals surface area contributed by atoms with Crippen LogP contribution in [0.4, 0.5) is 8.78 Å². The lowest BCUT2D eigenvalue weighted by Crippen LogP contribution is -2.47. The van der Waals surface area contributed by atoms with E-state index in [1.165, 1.54) is 6.42 Å². The molecule has 6 atom stereocenters. The molecule has 3 aliphatic rings. The highest BCUT2D eigenvalue weighted by molar-refractivity contribution is 4.98. The summed E-state index contributed by atoms with van der Waals surface area (Å²) in [5, 5.41) is 10.5. The highest BCUT2D eigenvalue weighted by Gasteiger charge is 2.50. The summed E-state index contributed by atoms with van der Waals surface area (Å²) in [5.74, 6) is 0.112. The highest BCUT2D eigenvalue weighted by Crippen LogP contribution is 2.44. The first-order chi connectivity index (χ1) is 10.1. The summed E-state index contributed by atoms with van der Waals surface area (Å²) in [6.07, 6.45) is 2.90. The van der Waals surface area contributed by atoms with Crippen molar-refractivity contribution < 1.29 is 18.6 Å². The maximum absolute atomic E-state index is 14.4. The van der Waals surface area contributed by atoms with Crippen LogP contribution in [0.25, 0.3) is 0 Å². The van der Waals surface area contributed by atoms with E-state index in [2.05, 4.69) is 6.92 Å². The average Bonchev–Trinajstić information content (AvgIpc) is 3.34. The molecule has 0 spiro atoms. The first-order valence-corrected chi connectivity index (χ1v) is 8.69. The van der Waals surface area contributed by atoms with E-state index in [1.54, 1.807) is 0 Å². The van der Waals surface area contributed by atoms with Crippen LogP contribution in [0.5, 0.6) is 0 Å². The quantitative estimate of drug-likeness (QED) is 0.804. The Hall–Kier alpha value is -0.220. The summed E-state index contributed by atoms with van der Waals surface area (Å²) in [7, 11) is 0. The summed E-state index contributed by atoms with van der Waals surface area (Å²) < 4.78 is 33.8. The largest absolute Gasteiger partial charge is 0.392 e. The van der Waals surface area contributed by atoms with Gasteiger partial charge in [0, 0.05) is 11.8 Å². The van der Waals surface area contributed by atoms with E-state index >= 15 is 0 Å². The molecule has 3 fully saturated rings. The molecule has 0 radical (unpaired) electrons. The number of aliphatic hydroxyl groups excluding tert-OH is 1. The van der Waals surface area contributed by atoms with Crippen molar-refractivity contribution in [3.8, 4) is 0 Å². The lowest BCUT2D eigenvalue weighted by Gasteiger charge is -2.40. The molecule has 3 rings (SSSR count). The fourth-order valence-corrected chi connectivity index (χ4v) is 4.52. The molecule has 0 aromatic rings. The molecule has 122 valence electrons. The van der Waals surface area contributed by atoms with Crippen LogP contribution in [-0.4, -0.2) is 36.3 Å². The van der Waals surface area contributed by atoms with Crippen molar-refractivity contribution in [2.75, 3.05) is 6.61 Å². The number of alkyl halides is 2. The zero-order valence-corrected chi connectivity index (χ0v) is 12.9. The van der Waals surface area contributed by atoms with Gasteiger partial charge < -0.3 is 9.84 Å². The number of rotatable bonds is 4. The van der Waals surface area contributed by atoms with Crippen LogP contribution in [-0.2, 0) is 4.74 Å². The Labute approximate surface area is 126 Å². The van der Waals surface area contributed by atoms with Gasteiger partial charge in [0.15, 0.2) is 0 Å². The van der Waals surface area contributed by atoms with Crippen molar-refractivity contribution in [3.05, 3.63) is 0 Å². The third kappa shape index (κ3) is 3.26. The molecule has 5 unspecified atom stereocenters. The zero-order chi connectivity index (χ0) is 15.0. The van der Waals surface area contributed by atoms with Crippen LogP contribution in [0.3, 0.4) is 0 Å². The molecule has 0 aromatic carbocycles. The standard InChI is InChI=1S/C17H28F2O2/c1-2-10-3-5-11(6-4-10)17(20)13-8-7-12(14-9-21-14)15(18)16(13)19/h10-17,20H,2-9H2,1H3/t10?,11?,12?,13?,14?,15?,16?,17-/m0/s1. The van der Waals surface area contributed by atoms with Gasteiger partial charge in [-0.15, -0.1) is 0 Å². The molecule has 1 heterocycles. The van der Waals surface area contributed by atoms with Gasteiger partial charge >= 0.3 is 0 Å². The normalized spacial score (nSPS) is 48.9. The summed E-state index contributed by atoms with van der Waals surface area (Å²) in [6, 6.07) is 0. The second-order valence-corrected chi connectivity index (χ2v) is 7.35. The van der Waals surface area contributed by atoms with Crippen LogP contribution in [0.1, 0.15) is 51.9 Å². The van der Waals surface area contributed by atoms with Gasteiger partial charge in [-0.3, -0.25) is 0 Å². The molecule has 1 N–H and O–H groups in total. The molecular weight excluding hydrogens is 274 g/mol. The van der Waals surface area contributed by atoms with Gasteiger partial charge in [0.2, 0.25) is 0 Å². The van der Waals surface area contributed by atoms with Gasteiger partial charge in [-0.05, 0) is 37.5 Å². The molecule has 0 amide bonds. The molecule has 0 aromatic heterocycles. The Balaban J connectivity index is 1.56. The minimum absolute atomic E-state index is 0.0728. The average molecular weight is 302 g/mol. The predicted molar refractivity (Wildman–Crippen MR) is 77.5 cm³/mol. The Morgan fingerprint density at radius 3 is 2.29 bits per heavy atom. The maximum Gasteiger partial charge on any atom is 0.137 e. The SMILES string of the molecule is CCC1CCC([C@H](O)C2CCC(C3CO3)C(F)C2F)CC1. The fraction of sp³-hybridized carbons (Fsp3) is 1.00. The first-order valence-electron chi connectivity index (χ1n) is 8.69. The Kier molecular flexibility index (Phi) is 4.84. The number of aliphatic hydroxyl groups is 1. The highest BCUT2D eigenvalue weighted by atomic mass is 19.2. The molecule has 2 aliphatic carbocycles. The number of epoxide rings is 1. The van der Waals surface area contributed by atoms with Crippen molar-refractivity contribution >= 4 is 0 Å². The first kappa shape index (κ1) is 15.7. The second-order valence-electron chi connectivity index (χ2n) is 7.35. The Morgan fingerprint density at radius 1 is 1.05 bits per heavy atom. The zero-order valence-electron chi connectivity index (χ0n) is 12.9. The van der Waals surface area contributed by atoms with Gasteiger partial charge in [0.05, 0.1) is 18.8 Å². The number of hydrogen-bond donors (Lipinski definition) is 1. The molecule has 4 heteroatoms. The third-order valence-electron chi connectivity index (χ3n) is 6.18. The van der Waals surface area contributed by atoms with Crippen LogP contribution < -0.4 is 0 Å². The minimum atomic E-state index is -1.52. The van der Waals surface area contributed by atoms with E-state index in [0.717, 1.165) is 31.6 Å². The van der Waals surface area contributed by atoms with Crippen molar-refractivity contribution in [3.63, 3.8) is 0 Å². The van der Waals surface area contributed by atoms with Crippen LogP contribution in [0, 0.1) is 23.7 Å². The predicted octanol–water partition coefficient (Wildman–Crippen LogP) is 3.66. The molecule has 1 aliphatic heterocycles. The van der Waals surface area contributed by atoms with Crippen molar-refractivity contribution in [2.24, 2.45) is 23.7 Å². The lowest BCUT2D eigenvalue weighted by atomic mass is 9.69. The monoisotopic (exact) mass is 302 g/mol. The van der Waals surface area contributed by atoms with E-state index < -0.39 is 24.4 Å². The van der Waals surface area contributed by atoms with E-state index in [1.807, 2.05) is 0 Å². The van der Waals surface area contributed by atoms with Gasteiger partial charge in [0.25, 0.3) is 0 Å². The van der Waals surface area contributed by atoms with E-state index in [0.29, 0.717) is 19.4 Å². The van der Waals surface area contributed by atoms with Crippen molar-refractivity contribution in [2.45, 2.75) is 76.4 Å². The molecule has 2 saturated carbocycles. The minimum Gasteiger partial charge on any atom is -0.392 e. The summed E-state index contributed by atoms with van der Waals surface area (Å²) in [6.45, 7) is 2.78. The van der Waals surface area contributed by atoms with Gasteiger partial charge in [0.1, 0.15) is 12.3 Å². The van der Waals surface area contributed by atoms with E-state index in [9.17, 15) is 13.9 Å². The smallest absolute Gasteiger partial charge is 0.137 e. The molecule has 1 saturated heterocycles. The lowest BCUT2D eigenvalue weighted by molar-refractivity contribution is -0.0672. The Morgan fingerprint density at radius 2 is 1.71 bits per heavy atom. The molecule has 2 nitrogen and oxygen atoms in total. The summed E-state index contributed by atoms with van der Waals surface area (Å²) in [5.41, 5.74) is 0. The van der Waals surface area contributed by atoms with Crippen LogP contribution >= 0.6 is 0 Å². The molecule has 0 bridgehead atoms. The summed E-state index contributed by atoms with van der Waals surface area (Å²) in [4.78, 5) is 0. The molecule has 21 heavy (non-hydrogen) atoms. The van der Waals surface area contributed by atoms with E-state index in [-0.39, 0.29) is 17.9 Å². The Bertz CT molecular complexity index is 340.